The van der Waals surface area contributed by atoms with Crippen LogP contribution in [0.4, 0.5) is 0 Å². The van der Waals surface area contributed by atoms with Crippen LogP contribution in [0.1, 0.15) is 38.3 Å². The Hall–Kier alpha value is -1.35. The Kier molecular flexibility index (Phi) is 6.57. The molecular formula is C16H25NO2. The van der Waals surface area contributed by atoms with E-state index in [0.717, 1.165) is 18.4 Å². The van der Waals surface area contributed by atoms with E-state index in [1.807, 2.05) is 26.0 Å². The average Bonchev–Trinajstić information content (AvgIpc) is 2.44. The van der Waals surface area contributed by atoms with E-state index in [1.54, 1.807) is 0 Å². The smallest absolute Gasteiger partial charge is 0.224 e. The first-order chi connectivity index (χ1) is 9.06. The molecule has 1 aromatic carbocycles. The van der Waals surface area contributed by atoms with Gasteiger partial charge in [-0.25, -0.2) is 0 Å². The van der Waals surface area contributed by atoms with Crippen LogP contribution in [0, 0.1) is 5.92 Å². The molecule has 0 bridgehead atoms. The van der Waals surface area contributed by atoms with Crippen molar-refractivity contribution in [3.63, 3.8) is 0 Å². The molecule has 2 N–H and O–H groups in total. The van der Waals surface area contributed by atoms with E-state index >= 15 is 0 Å². The number of hydrogen-bond donors (Lipinski definition) is 2. The number of aliphatic hydroxyl groups excluding tert-OH is 1. The highest BCUT2D eigenvalue weighted by Gasteiger charge is 2.13. The SMILES string of the molecule is CCc1ccc(CC(=O)NCC(O)C(C)CC)cc1. The number of hydrogen-bond acceptors (Lipinski definition) is 2. The van der Waals surface area contributed by atoms with E-state index in [2.05, 4.69) is 24.4 Å². The van der Waals surface area contributed by atoms with Crippen molar-refractivity contribution in [1.82, 2.24) is 5.32 Å². The lowest BCUT2D eigenvalue weighted by atomic mass is 10.0. The summed E-state index contributed by atoms with van der Waals surface area (Å²) in [5.41, 5.74) is 2.28. The van der Waals surface area contributed by atoms with Crippen molar-refractivity contribution in [1.29, 1.82) is 0 Å². The summed E-state index contributed by atoms with van der Waals surface area (Å²) in [6.07, 6.45) is 1.83. The summed E-state index contributed by atoms with van der Waals surface area (Å²) in [5, 5.41) is 12.6. The summed E-state index contributed by atoms with van der Waals surface area (Å²) in [7, 11) is 0. The van der Waals surface area contributed by atoms with E-state index in [1.165, 1.54) is 5.56 Å². The Morgan fingerprint density at radius 1 is 1.21 bits per heavy atom. The Morgan fingerprint density at radius 2 is 1.79 bits per heavy atom. The molecular weight excluding hydrogens is 238 g/mol. The third-order valence-corrected chi connectivity index (χ3v) is 3.61. The first-order valence-electron chi connectivity index (χ1n) is 7.09. The molecule has 0 saturated carbocycles. The number of rotatable bonds is 7. The molecule has 1 rings (SSSR count). The van der Waals surface area contributed by atoms with Crippen LogP contribution in [0.2, 0.25) is 0 Å². The molecule has 0 spiro atoms. The monoisotopic (exact) mass is 263 g/mol. The zero-order valence-electron chi connectivity index (χ0n) is 12.1. The molecule has 2 atom stereocenters. The van der Waals surface area contributed by atoms with E-state index in [0.29, 0.717) is 13.0 Å². The predicted octanol–water partition coefficient (Wildman–Crippen LogP) is 2.31. The van der Waals surface area contributed by atoms with Gasteiger partial charge in [0.1, 0.15) is 0 Å². The van der Waals surface area contributed by atoms with Crippen LogP contribution < -0.4 is 5.32 Å². The van der Waals surface area contributed by atoms with Crippen molar-refractivity contribution < 1.29 is 9.90 Å². The van der Waals surface area contributed by atoms with Gasteiger partial charge in [0.25, 0.3) is 0 Å². The fourth-order valence-corrected chi connectivity index (χ4v) is 1.83. The second kappa shape index (κ2) is 7.95. The fourth-order valence-electron chi connectivity index (χ4n) is 1.83. The van der Waals surface area contributed by atoms with Gasteiger partial charge in [-0.3, -0.25) is 4.79 Å². The highest BCUT2D eigenvalue weighted by atomic mass is 16.3. The van der Waals surface area contributed by atoms with Crippen LogP contribution in [0.3, 0.4) is 0 Å². The molecule has 1 aromatic rings. The summed E-state index contributed by atoms with van der Waals surface area (Å²) < 4.78 is 0. The van der Waals surface area contributed by atoms with E-state index < -0.39 is 6.10 Å². The number of nitrogens with one attached hydrogen (secondary N) is 1. The number of amides is 1. The molecule has 3 nitrogen and oxygen atoms in total. The molecule has 0 fully saturated rings. The fraction of sp³-hybridized carbons (Fsp3) is 0.562. The number of carbonyl (C=O) groups excluding carboxylic acids is 1. The third kappa shape index (κ3) is 5.43. The minimum absolute atomic E-state index is 0.0356. The van der Waals surface area contributed by atoms with Gasteiger partial charge in [-0.1, -0.05) is 51.5 Å². The van der Waals surface area contributed by atoms with Crippen molar-refractivity contribution >= 4 is 5.91 Å². The Morgan fingerprint density at radius 3 is 2.32 bits per heavy atom. The van der Waals surface area contributed by atoms with Gasteiger partial charge in [-0.2, -0.15) is 0 Å². The second-order valence-corrected chi connectivity index (χ2v) is 5.10. The summed E-state index contributed by atoms with van der Waals surface area (Å²) in [6.45, 7) is 6.46. The summed E-state index contributed by atoms with van der Waals surface area (Å²) >= 11 is 0. The van der Waals surface area contributed by atoms with Gasteiger partial charge in [0.05, 0.1) is 12.5 Å². The quantitative estimate of drug-likeness (QED) is 0.793. The minimum atomic E-state index is -0.462. The minimum Gasteiger partial charge on any atom is -0.391 e. The van der Waals surface area contributed by atoms with Gasteiger partial charge in [-0.05, 0) is 23.5 Å². The molecule has 0 radical (unpaired) electrons. The van der Waals surface area contributed by atoms with Crippen LogP contribution in [-0.4, -0.2) is 23.7 Å². The highest BCUT2D eigenvalue weighted by Crippen LogP contribution is 2.07. The number of aliphatic hydroxyl groups is 1. The lowest BCUT2D eigenvalue weighted by Crippen LogP contribution is -2.36. The maximum absolute atomic E-state index is 11.8. The number of benzene rings is 1. The molecule has 0 aromatic heterocycles. The summed E-state index contributed by atoms with van der Waals surface area (Å²) in [4.78, 5) is 11.8. The van der Waals surface area contributed by atoms with E-state index in [-0.39, 0.29) is 11.8 Å². The van der Waals surface area contributed by atoms with Crippen molar-refractivity contribution in [2.24, 2.45) is 5.92 Å². The molecule has 3 heteroatoms. The predicted molar refractivity (Wildman–Crippen MR) is 78.0 cm³/mol. The van der Waals surface area contributed by atoms with Crippen molar-refractivity contribution in [2.45, 2.75) is 46.1 Å². The molecule has 0 saturated heterocycles. The van der Waals surface area contributed by atoms with Gasteiger partial charge >= 0.3 is 0 Å². The lowest BCUT2D eigenvalue weighted by Gasteiger charge is -2.17. The molecule has 1 amide bonds. The first-order valence-corrected chi connectivity index (χ1v) is 7.09. The topological polar surface area (TPSA) is 49.3 Å². The average molecular weight is 263 g/mol. The normalized spacial score (nSPS) is 13.9. The van der Waals surface area contributed by atoms with Crippen LogP contribution in [0.5, 0.6) is 0 Å². The first kappa shape index (κ1) is 15.7. The molecule has 106 valence electrons. The third-order valence-electron chi connectivity index (χ3n) is 3.61. The van der Waals surface area contributed by atoms with Crippen LogP contribution in [-0.2, 0) is 17.6 Å². The molecule has 2 unspecified atom stereocenters. The maximum atomic E-state index is 11.8. The van der Waals surface area contributed by atoms with Crippen LogP contribution in [0.15, 0.2) is 24.3 Å². The molecule has 0 aliphatic rings. The Bertz CT molecular complexity index is 386. The molecule has 0 aliphatic heterocycles. The standard InChI is InChI=1S/C16H25NO2/c1-4-12(3)15(18)11-17-16(19)10-14-8-6-13(5-2)7-9-14/h6-9,12,15,18H,4-5,10-11H2,1-3H3,(H,17,19). The van der Waals surface area contributed by atoms with Gasteiger partial charge in [-0.15, -0.1) is 0 Å². The van der Waals surface area contributed by atoms with Crippen molar-refractivity contribution in [3.05, 3.63) is 35.4 Å². The highest BCUT2D eigenvalue weighted by molar-refractivity contribution is 5.78. The molecule has 0 aliphatic carbocycles. The Balaban J connectivity index is 2.38. The molecule has 0 heterocycles. The molecule has 19 heavy (non-hydrogen) atoms. The van der Waals surface area contributed by atoms with Crippen LogP contribution in [0.25, 0.3) is 0 Å². The number of carbonyl (C=O) groups is 1. The van der Waals surface area contributed by atoms with Crippen molar-refractivity contribution in [3.8, 4) is 0 Å². The number of aryl methyl sites for hydroxylation is 1. The Labute approximate surface area is 116 Å². The van der Waals surface area contributed by atoms with E-state index in [9.17, 15) is 9.90 Å². The maximum Gasteiger partial charge on any atom is 0.224 e. The van der Waals surface area contributed by atoms with Gasteiger partial charge < -0.3 is 10.4 Å². The van der Waals surface area contributed by atoms with Crippen molar-refractivity contribution in [2.75, 3.05) is 6.54 Å². The van der Waals surface area contributed by atoms with Gasteiger partial charge in [0.15, 0.2) is 0 Å². The second-order valence-electron chi connectivity index (χ2n) is 5.10. The van der Waals surface area contributed by atoms with Crippen LogP contribution >= 0.6 is 0 Å². The summed E-state index contributed by atoms with van der Waals surface area (Å²) in [5.74, 6) is 0.177. The van der Waals surface area contributed by atoms with Gasteiger partial charge in [0, 0.05) is 6.54 Å². The zero-order valence-corrected chi connectivity index (χ0v) is 12.1. The zero-order chi connectivity index (χ0) is 14.3. The van der Waals surface area contributed by atoms with Gasteiger partial charge in [0.2, 0.25) is 5.91 Å². The van der Waals surface area contributed by atoms with E-state index in [4.69, 9.17) is 0 Å². The largest absolute Gasteiger partial charge is 0.391 e. The lowest BCUT2D eigenvalue weighted by molar-refractivity contribution is -0.121. The summed E-state index contributed by atoms with van der Waals surface area (Å²) in [6, 6.07) is 8.08.